The number of hydrogen-bond acceptors (Lipinski definition) is 3. The first kappa shape index (κ1) is 17.7. The highest BCUT2D eigenvalue weighted by Crippen LogP contribution is 2.38. The Balaban J connectivity index is 2.10. The molecule has 4 nitrogen and oxygen atoms in total. The van der Waals surface area contributed by atoms with Crippen LogP contribution in [0.25, 0.3) is 10.9 Å². The lowest BCUT2D eigenvalue weighted by molar-refractivity contribution is -0.136. The van der Waals surface area contributed by atoms with Gasteiger partial charge in [0, 0.05) is 5.39 Å². The molecule has 1 aromatic heterocycles. The zero-order valence-electron chi connectivity index (χ0n) is 13.8. The molecule has 0 radical (unpaired) electrons. The average molecular weight is 360 g/mol. The third-order valence-corrected chi connectivity index (χ3v) is 3.90. The number of fused-ring (bicyclic) bond motifs is 1. The number of aromatic nitrogens is 1. The number of primary amides is 1. The molecule has 0 fully saturated rings. The van der Waals surface area contributed by atoms with Gasteiger partial charge in [-0.15, -0.1) is 0 Å². The standard InChI is InChI=1S/C19H15F3N2O2/c1-11-7-16(18(23)25)24-17-14(11)8-13(9-15(17)19(20,21)22)26-10-12-5-3-2-4-6-12/h2-9H,10H2,1H3,(H2,23,25). The van der Waals surface area contributed by atoms with Crippen molar-refractivity contribution < 1.29 is 22.7 Å². The number of amides is 1. The largest absolute Gasteiger partial charge is 0.489 e. The second-order valence-electron chi connectivity index (χ2n) is 5.83. The molecule has 0 bridgehead atoms. The molecule has 26 heavy (non-hydrogen) atoms. The Morgan fingerprint density at radius 1 is 1.15 bits per heavy atom. The lowest BCUT2D eigenvalue weighted by Gasteiger charge is -2.15. The van der Waals surface area contributed by atoms with Gasteiger partial charge in [0.25, 0.3) is 5.91 Å². The van der Waals surface area contributed by atoms with E-state index in [2.05, 4.69) is 4.98 Å². The minimum Gasteiger partial charge on any atom is -0.489 e. The molecular weight excluding hydrogens is 345 g/mol. The Kier molecular flexibility index (Phi) is 4.54. The van der Waals surface area contributed by atoms with Crippen LogP contribution < -0.4 is 10.5 Å². The summed E-state index contributed by atoms with van der Waals surface area (Å²) in [6.45, 7) is 1.73. The Labute approximate surface area is 147 Å². The van der Waals surface area contributed by atoms with Crippen molar-refractivity contribution in [2.75, 3.05) is 0 Å². The van der Waals surface area contributed by atoms with E-state index in [4.69, 9.17) is 10.5 Å². The van der Waals surface area contributed by atoms with Crippen LogP contribution in [0.1, 0.15) is 27.2 Å². The van der Waals surface area contributed by atoms with Crippen molar-refractivity contribution in [1.29, 1.82) is 0 Å². The van der Waals surface area contributed by atoms with Crippen LogP contribution in [-0.2, 0) is 12.8 Å². The number of rotatable bonds is 4. The van der Waals surface area contributed by atoms with Gasteiger partial charge in [-0.25, -0.2) is 4.98 Å². The molecule has 2 aromatic carbocycles. The fraction of sp³-hybridized carbons (Fsp3) is 0.158. The molecule has 1 amide bonds. The summed E-state index contributed by atoms with van der Waals surface area (Å²) >= 11 is 0. The molecule has 0 saturated carbocycles. The number of nitrogens with two attached hydrogens (primary N) is 1. The molecule has 1 heterocycles. The Hall–Kier alpha value is -3.09. The number of benzene rings is 2. The van der Waals surface area contributed by atoms with Crippen molar-refractivity contribution in [1.82, 2.24) is 4.98 Å². The van der Waals surface area contributed by atoms with Crippen LogP contribution in [0, 0.1) is 6.92 Å². The van der Waals surface area contributed by atoms with Gasteiger partial charge in [0.05, 0.1) is 11.1 Å². The van der Waals surface area contributed by atoms with E-state index >= 15 is 0 Å². The number of hydrogen-bond donors (Lipinski definition) is 1. The van der Waals surface area contributed by atoms with Crippen LogP contribution in [0.5, 0.6) is 5.75 Å². The second-order valence-corrected chi connectivity index (χ2v) is 5.83. The molecule has 0 aliphatic heterocycles. The fourth-order valence-corrected chi connectivity index (χ4v) is 2.63. The average Bonchev–Trinajstić information content (AvgIpc) is 2.59. The van der Waals surface area contributed by atoms with E-state index in [1.54, 1.807) is 6.92 Å². The summed E-state index contributed by atoms with van der Waals surface area (Å²) in [4.78, 5) is 15.1. The number of ether oxygens (including phenoxy) is 1. The van der Waals surface area contributed by atoms with E-state index in [1.165, 1.54) is 12.1 Å². The van der Waals surface area contributed by atoms with Crippen molar-refractivity contribution in [3.8, 4) is 5.75 Å². The molecule has 7 heteroatoms. The molecule has 2 N–H and O–H groups in total. The maximum absolute atomic E-state index is 13.5. The van der Waals surface area contributed by atoms with Gasteiger partial charge < -0.3 is 10.5 Å². The van der Waals surface area contributed by atoms with Gasteiger partial charge in [0.15, 0.2) is 0 Å². The quantitative estimate of drug-likeness (QED) is 0.757. The van der Waals surface area contributed by atoms with Crippen molar-refractivity contribution in [2.45, 2.75) is 19.7 Å². The third kappa shape index (κ3) is 3.61. The molecule has 0 aliphatic carbocycles. The maximum atomic E-state index is 13.5. The molecule has 3 rings (SSSR count). The summed E-state index contributed by atoms with van der Waals surface area (Å²) in [5, 5.41) is 0.257. The summed E-state index contributed by atoms with van der Waals surface area (Å²) in [6.07, 6.45) is -4.65. The maximum Gasteiger partial charge on any atom is 0.418 e. The fourth-order valence-electron chi connectivity index (χ4n) is 2.63. The van der Waals surface area contributed by atoms with Gasteiger partial charge in [0.1, 0.15) is 18.1 Å². The summed E-state index contributed by atoms with van der Waals surface area (Å²) in [5.41, 5.74) is 4.96. The number of aryl methyl sites for hydroxylation is 1. The van der Waals surface area contributed by atoms with Gasteiger partial charge in [-0.3, -0.25) is 4.79 Å². The van der Waals surface area contributed by atoms with Crippen molar-refractivity contribution >= 4 is 16.8 Å². The molecule has 0 saturated heterocycles. The zero-order chi connectivity index (χ0) is 18.9. The highest BCUT2D eigenvalue weighted by Gasteiger charge is 2.34. The molecule has 134 valence electrons. The first-order chi connectivity index (χ1) is 12.3. The van der Waals surface area contributed by atoms with E-state index in [0.717, 1.165) is 11.6 Å². The second kappa shape index (κ2) is 6.67. The molecule has 3 aromatic rings. The molecule has 0 unspecified atom stereocenters. The topological polar surface area (TPSA) is 65.2 Å². The van der Waals surface area contributed by atoms with Gasteiger partial charge in [0.2, 0.25) is 0 Å². The van der Waals surface area contributed by atoms with Gasteiger partial charge in [-0.1, -0.05) is 30.3 Å². The lowest BCUT2D eigenvalue weighted by Crippen LogP contribution is -2.15. The monoisotopic (exact) mass is 360 g/mol. The predicted octanol–water partition coefficient (Wildman–Crippen LogP) is 4.24. The molecule has 0 spiro atoms. The number of pyridine rings is 1. The molecular formula is C19H15F3N2O2. The Morgan fingerprint density at radius 3 is 2.46 bits per heavy atom. The zero-order valence-corrected chi connectivity index (χ0v) is 13.8. The summed E-state index contributed by atoms with van der Waals surface area (Å²) < 4.78 is 46.1. The van der Waals surface area contributed by atoms with Crippen LogP contribution in [0.15, 0.2) is 48.5 Å². The van der Waals surface area contributed by atoms with Crippen LogP contribution >= 0.6 is 0 Å². The first-order valence-corrected chi connectivity index (χ1v) is 7.75. The highest BCUT2D eigenvalue weighted by molar-refractivity contribution is 5.96. The summed E-state index contributed by atoms with van der Waals surface area (Å²) in [5.74, 6) is -0.807. The van der Waals surface area contributed by atoms with Crippen LogP contribution in [0.4, 0.5) is 13.2 Å². The molecule has 0 atom stereocenters. The number of carbonyl (C=O) groups is 1. The number of nitrogens with zero attached hydrogens (tertiary/aromatic N) is 1. The minimum atomic E-state index is -4.65. The Bertz CT molecular complexity index is 970. The minimum absolute atomic E-state index is 0.0744. The molecule has 0 aliphatic rings. The first-order valence-electron chi connectivity index (χ1n) is 7.75. The van der Waals surface area contributed by atoms with Gasteiger partial charge in [-0.05, 0) is 36.2 Å². The SMILES string of the molecule is Cc1cc(C(N)=O)nc2c(C(F)(F)F)cc(OCc3ccccc3)cc12. The summed E-state index contributed by atoms with van der Waals surface area (Å²) in [6, 6.07) is 12.9. The van der Waals surface area contributed by atoms with E-state index < -0.39 is 17.6 Å². The number of alkyl halides is 3. The van der Waals surface area contributed by atoms with Crippen LogP contribution in [0.2, 0.25) is 0 Å². The van der Waals surface area contributed by atoms with E-state index in [-0.39, 0.29) is 29.0 Å². The smallest absolute Gasteiger partial charge is 0.418 e. The van der Waals surface area contributed by atoms with Crippen LogP contribution in [0.3, 0.4) is 0 Å². The van der Waals surface area contributed by atoms with E-state index in [0.29, 0.717) is 5.56 Å². The van der Waals surface area contributed by atoms with Crippen molar-refractivity contribution in [3.05, 3.63) is 70.9 Å². The van der Waals surface area contributed by atoms with Crippen LogP contribution in [-0.4, -0.2) is 10.9 Å². The lowest BCUT2D eigenvalue weighted by atomic mass is 10.0. The van der Waals surface area contributed by atoms with Gasteiger partial charge in [-0.2, -0.15) is 13.2 Å². The van der Waals surface area contributed by atoms with Gasteiger partial charge >= 0.3 is 6.18 Å². The van der Waals surface area contributed by atoms with Crippen molar-refractivity contribution in [2.24, 2.45) is 5.73 Å². The third-order valence-electron chi connectivity index (χ3n) is 3.90. The summed E-state index contributed by atoms with van der Waals surface area (Å²) in [7, 11) is 0. The predicted molar refractivity (Wildman–Crippen MR) is 90.8 cm³/mol. The van der Waals surface area contributed by atoms with E-state index in [1.807, 2.05) is 30.3 Å². The number of halogens is 3. The van der Waals surface area contributed by atoms with E-state index in [9.17, 15) is 18.0 Å². The van der Waals surface area contributed by atoms with Crippen molar-refractivity contribution in [3.63, 3.8) is 0 Å². The Morgan fingerprint density at radius 2 is 1.85 bits per heavy atom. The number of carbonyl (C=O) groups excluding carboxylic acids is 1. The highest BCUT2D eigenvalue weighted by atomic mass is 19.4. The normalized spacial score (nSPS) is 11.5.